The summed E-state index contributed by atoms with van der Waals surface area (Å²) in [4.78, 5) is 18.8. The molecule has 2 heterocycles. The first-order valence-corrected chi connectivity index (χ1v) is 10.5. The summed E-state index contributed by atoms with van der Waals surface area (Å²) < 4.78 is 33.0. The second-order valence-corrected chi connectivity index (χ2v) is 8.14. The predicted molar refractivity (Wildman–Crippen MR) is 109 cm³/mol. The Bertz CT molecular complexity index is 1020. The molecule has 0 radical (unpaired) electrons. The van der Waals surface area contributed by atoms with E-state index < -0.39 is 17.7 Å². The molecule has 1 aliphatic heterocycles. The summed E-state index contributed by atoms with van der Waals surface area (Å²) in [6.45, 7) is 0.872. The van der Waals surface area contributed by atoms with Crippen LogP contribution in [-0.4, -0.2) is 41.0 Å². The number of hydrogen-bond donors (Lipinski definition) is 1. The molecule has 3 unspecified atom stereocenters. The van der Waals surface area contributed by atoms with Gasteiger partial charge in [-0.2, -0.15) is 5.26 Å². The topological polar surface area (TPSA) is 92.2 Å². The highest BCUT2D eigenvalue weighted by molar-refractivity contribution is 5.77. The highest BCUT2D eigenvalue weighted by Crippen LogP contribution is 2.37. The molecule has 8 heteroatoms. The molecule has 1 amide bonds. The van der Waals surface area contributed by atoms with E-state index >= 15 is 0 Å². The number of ether oxygens (including phenoxy) is 1. The van der Waals surface area contributed by atoms with Crippen LogP contribution in [0.5, 0.6) is 5.88 Å². The van der Waals surface area contributed by atoms with Crippen LogP contribution >= 0.6 is 0 Å². The number of amides is 1. The van der Waals surface area contributed by atoms with Gasteiger partial charge in [0, 0.05) is 31.1 Å². The molecule has 1 aromatic heterocycles. The molecule has 0 saturated carbocycles. The van der Waals surface area contributed by atoms with Crippen molar-refractivity contribution in [3.63, 3.8) is 0 Å². The lowest BCUT2D eigenvalue weighted by Gasteiger charge is -2.27. The lowest BCUT2D eigenvalue weighted by molar-refractivity contribution is -0.133. The van der Waals surface area contributed by atoms with Crippen molar-refractivity contribution in [2.24, 2.45) is 5.73 Å². The normalized spacial score (nSPS) is 20.9. The van der Waals surface area contributed by atoms with Gasteiger partial charge >= 0.3 is 0 Å². The molecule has 6 nitrogen and oxygen atoms in total. The molecule has 2 N–H and O–H groups in total. The maximum Gasteiger partial charge on any atom is 0.231 e. The minimum atomic E-state index is -0.882. The number of pyridine rings is 1. The molecular weight excluding hydrogens is 402 g/mol. The van der Waals surface area contributed by atoms with Crippen LogP contribution in [0, 0.1) is 23.0 Å². The van der Waals surface area contributed by atoms with Gasteiger partial charge in [0.1, 0.15) is 18.2 Å². The fraction of sp³-hybridized carbons (Fsp3) is 0.435. The first-order chi connectivity index (χ1) is 15.0. The average Bonchev–Trinajstić information content (AvgIpc) is 3.39. The van der Waals surface area contributed by atoms with E-state index in [0.29, 0.717) is 30.5 Å². The molecule has 31 heavy (non-hydrogen) atoms. The Morgan fingerprint density at radius 3 is 2.97 bits per heavy atom. The SMILES string of the molecule is N#Cc1cccnc1OCC1CCCN1C(=O)CC(N)C1CCc2cc(F)c(F)cc21. The van der Waals surface area contributed by atoms with Crippen molar-refractivity contribution in [2.75, 3.05) is 13.2 Å². The van der Waals surface area contributed by atoms with Crippen LogP contribution in [0.3, 0.4) is 0 Å². The van der Waals surface area contributed by atoms with E-state index in [1.54, 1.807) is 23.2 Å². The van der Waals surface area contributed by atoms with E-state index in [1.807, 2.05) is 6.07 Å². The number of aromatic nitrogens is 1. The molecule has 4 rings (SSSR count). The Balaban J connectivity index is 1.38. The Hall–Kier alpha value is -3.05. The number of fused-ring (bicyclic) bond motifs is 1. The van der Waals surface area contributed by atoms with Crippen LogP contribution in [0.4, 0.5) is 8.78 Å². The zero-order chi connectivity index (χ0) is 22.0. The number of halogens is 2. The van der Waals surface area contributed by atoms with Crippen molar-refractivity contribution in [1.82, 2.24) is 9.88 Å². The lowest BCUT2D eigenvalue weighted by atomic mass is 9.91. The average molecular weight is 426 g/mol. The second-order valence-electron chi connectivity index (χ2n) is 8.14. The zero-order valence-electron chi connectivity index (χ0n) is 17.1. The standard InChI is InChI=1S/C23H24F2N4O2/c24-19-9-14-5-6-17(18(14)10-20(19)25)21(27)11-22(30)29-8-2-4-16(29)13-31-23-15(12-26)3-1-7-28-23/h1,3,7,9-10,16-17,21H,2,4-6,8,11,13,27H2. The van der Waals surface area contributed by atoms with Gasteiger partial charge < -0.3 is 15.4 Å². The van der Waals surface area contributed by atoms with Crippen molar-refractivity contribution < 1.29 is 18.3 Å². The van der Waals surface area contributed by atoms with Crippen molar-refractivity contribution in [3.8, 4) is 11.9 Å². The zero-order valence-corrected chi connectivity index (χ0v) is 17.1. The molecular formula is C23H24F2N4O2. The smallest absolute Gasteiger partial charge is 0.231 e. The molecule has 2 aromatic rings. The van der Waals surface area contributed by atoms with Gasteiger partial charge in [0.15, 0.2) is 11.6 Å². The Kier molecular flexibility index (Phi) is 6.14. The molecule has 162 valence electrons. The largest absolute Gasteiger partial charge is 0.475 e. The van der Waals surface area contributed by atoms with Gasteiger partial charge in [-0.25, -0.2) is 13.8 Å². The van der Waals surface area contributed by atoms with E-state index in [1.165, 1.54) is 12.1 Å². The number of carbonyl (C=O) groups is 1. The third-order valence-corrected chi connectivity index (χ3v) is 6.23. The minimum absolute atomic E-state index is 0.0730. The number of carbonyl (C=O) groups excluding carboxylic acids is 1. The number of rotatable bonds is 6. The molecule has 3 atom stereocenters. The Labute approximate surface area is 179 Å². The van der Waals surface area contributed by atoms with Crippen molar-refractivity contribution in [2.45, 2.75) is 50.1 Å². The molecule has 2 aliphatic rings. The summed E-state index contributed by atoms with van der Waals surface area (Å²) >= 11 is 0. The van der Waals surface area contributed by atoms with Crippen molar-refractivity contribution in [3.05, 3.63) is 58.8 Å². The molecule has 1 aromatic carbocycles. The summed E-state index contributed by atoms with van der Waals surface area (Å²) in [6.07, 6.45) is 4.65. The van der Waals surface area contributed by atoms with Gasteiger partial charge in [0.05, 0.1) is 6.04 Å². The van der Waals surface area contributed by atoms with Crippen LogP contribution in [0.2, 0.25) is 0 Å². The van der Waals surface area contributed by atoms with E-state index in [0.717, 1.165) is 18.4 Å². The van der Waals surface area contributed by atoms with Gasteiger partial charge in [-0.3, -0.25) is 4.79 Å². The van der Waals surface area contributed by atoms with Crippen LogP contribution in [-0.2, 0) is 11.2 Å². The van der Waals surface area contributed by atoms with E-state index in [2.05, 4.69) is 4.98 Å². The van der Waals surface area contributed by atoms with Gasteiger partial charge in [-0.05, 0) is 61.1 Å². The monoisotopic (exact) mass is 426 g/mol. The first-order valence-electron chi connectivity index (χ1n) is 10.5. The van der Waals surface area contributed by atoms with Gasteiger partial charge in [-0.1, -0.05) is 0 Å². The number of nitrogens with zero attached hydrogens (tertiary/aromatic N) is 3. The quantitative estimate of drug-likeness (QED) is 0.767. The van der Waals surface area contributed by atoms with Crippen molar-refractivity contribution in [1.29, 1.82) is 5.26 Å². The summed E-state index contributed by atoms with van der Waals surface area (Å²) in [6, 6.07) is 7.21. The minimum Gasteiger partial charge on any atom is -0.475 e. The van der Waals surface area contributed by atoms with Gasteiger partial charge in [0.2, 0.25) is 11.8 Å². The molecule has 0 bridgehead atoms. The summed E-state index contributed by atoms with van der Waals surface area (Å²) in [5.41, 5.74) is 8.18. The predicted octanol–water partition coefficient (Wildman–Crippen LogP) is 3.05. The third kappa shape index (κ3) is 4.37. The number of hydrogen-bond acceptors (Lipinski definition) is 5. The maximum atomic E-state index is 13.7. The number of nitrogens with two attached hydrogens (primary N) is 1. The van der Waals surface area contributed by atoms with E-state index in [9.17, 15) is 13.6 Å². The fourth-order valence-corrected chi connectivity index (χ4v) is 4.64. The maximum absolute atomic E-state index is 13.7. The fourth-order valence-electron chi connectivity index (χ4n) is 4.64. The summed E-state index contributed by atoms with van der Waals surface area (Å²) in [5, 5.41) is 9.16. The first kappa shape index (κ1) is 21.2. The van der Waals surface area contributed by atoms with E-state index in [-0.39, 0.29) is 36.8 Å². The molecule has 1 aliphatic carbocycles. The van der Waals surface area contributed by atoms with Gasteiger partial charge in [0.25, 0.3) is 0 Å². The molecule has 1 fully saturated rings. The van der Waals surface area contributed by atoms with Crippen LogP contribution in [0.1, 0.15) is 48.3 Å². The van der Waals surface area contributed by atoms with Gasteiger partial charge in [-0.15, -0.1) is 0 Å². The number of nitriles is 1. The second kappa shape index (κ2) is 8.98. The Morgan fingerprint density at radius 2 is 2.16 bits per heavy atom. The number of benzene rings is 1. The number of likely N-dealkylation sites (tertiary alicyclic amines) is 1. The highest BCUT2D eigenvalue weighted by Gasteiger charge is 2.34. The summed E-state index contributed by atoms with van der Waals surface area (Å²) in [5.74, 6) is -1.71. The van der Waals surface area contributed by atoms with Crippen LogP contribution < -0.4 is 10.5 Å². The highest BCUT2D eigenvalue weighted by atomic mass is 19.2. The summed E-state index contributed by atoms with van der Waals surface area (Å²) in [7, 11) is 0. The number of aryl methyl sites for hydroxylation is 1. The van der Waals surface area contributed by atoms with Crippen molar-refractivity contribution >= 4 is 5.91 Å². The lowest BCUT2D eigenvalue weighted by Crippen LogP contribution is -2.42. The van der Waals surface area contributed by atoms with Crippen LogP contribution in [0.15, 0.2) is 30.5 Å². The third-order valence-electron chi connectivity index (χ3n) is 6.23. The van der Waals surface area contributed by atoms with Crippen LogP contribution in [0.25, 0.3) is 0 Å². The Morgan fingerprint density at radius 1 is 1.35 bits per heavy atom. The molecule has 1 saturated heterocycles. The van der Waals surface area contributed by atoms with E-state index in [4.69, 9.17) is 15.7 Å². The molecule has 0 spiro atoms.